The van der Waals surface area contributed by atoms with E-state index in [2.05, 4.69) is 15.3 Å². The number of nitrogens with one attached hydrogen (secondary N) is 1. The molecule has 0 aliphatic rings. The molecule has 2 heterocycles. The highest BCUT2D eigenvalue weighted by atomic mass is 32.1. The minimum Gasteiger partial charge on any atom is -0.476 e. The molecule has 6 nitrogen and oxygen atoms in total. The van der Waals surface area contributed by atoms with Crippen LogP contribution >= 0.6 is 11.3 Å². The number of thiazole rings is 1. The molecule has 0 radical (unpaired) electrons. The average Bonchev–Trinajstić information content (AvgIpc) is 2.89. The zero-order chi connectivity index (χ0) is 13.8. The molecule has 0 saturated carbocycles. The Kier molecular flexibility index (Phi) is 3.86. The molecular weight excluding hydrogens is 266 g/mol. The van der Waals surface area contributed by atoms with Crippen molar-refractivity contribution < 1.29 is 14.7 Å². The van der Waals surface area contributed by atoms with Gasteiger partial charge in [0.1, 0.15) is 5.01 Å². The van der Waals surface area contributed by atoms with E-state index in [1.807, 2.05) is 0 Å². The summed E-state index contributed by atoms with van der Waals surface area (Å²) in [5, 5.41) is 13.5. The lowest BCUT2D eigenvalue weighted by atomic mass is 10.2. The molecule has 0 saturated heterocycles. The summed E-state index contributed by atoms with van der Waals surface area (Å²) in [6, 6.07) is 2.97. The maximum atomic E-state index is 11.9. The van der Waals surface area contributed by atoms with Crippen molar-refractivity contribution in [3.05, 3.63) is 46.2 Å². The van der Waals surface area contributed by atoms with Gasteiger partial charge in [-0.15, -0.1) is 11.3 Å². The van der Waals surface area contributed by atoms with Crippen LogP contribution in [0.1, 0.15) is 38.8 Å². The first kappa shape index (κ1) is 13.2. The second-order valence-corrected chi connectivity index (χ2v) is 4.70. The van der Waals surface area contributed by atoms with Crippen LogP contribution in [0.25, 0.3) is 0 Å². The van der Waals surface area contributed by atoms with Crippen molar-refractivity contribution in [3.8, 4) is 0 Å². The van der Waals surface area contributed by atoms with Crippen LogP contribution in [0.3, 0.4) is 0 Å². The van der Waals surface area contributed by atoms with E-state index in [9.17, 15) is 9.59 Å². The standard InChI is InChI=1S/C12H11N3O3S/c1-7(11-15-9(6-19-11)12(17)18)14-10(16)8-3-2-4-13-5-8/h2-7H,1H3,(H,14,16)(H,17,18). The Hall–Kier alpha value is -2.28. The van der Waals surface area contributed by atoms with E-state index in [-0.39, 0.29) is 17.6 Å². The zero-order valence-corrected chi connectivity index (χ0v) is 10.8. The largest absolute Gasteiger partial charge is 0.476 e. The normalized spacial score (nSPS) is 11.8. The first-order valence-electron chi connectivity index (χ1n) is 5.47. The van der Waals surface area contributed by atoms with Crippen LogP contribution in [0.5, 0.6) is 0 Å². The number of pyridine rings is 1. The molecule has 0 aliphatic carbocycles. The highest BCUT2D eigenvalue weighted by molar-refractivity contribution is 7.09. The maximum absolute atomic E-state index is 11.9. The van der Waals surface area contributed by atoms with Gasteiger partial charge in [0.05, 0.1) is 11.6 Å². The summed E-state index contributed by atoms with van der Waals surface area (Å²) in [6.45, 7) is 1.75. The van der Waals surface area contributed by atoms with Gasteiger partial charge in [-0.25, -0.2) is 9.78 Å². The molecule has 0 spiro atoms. The van der Waals surface area contributed by atoms with Crippen molar-refractivity contribution in [3.63, 3.8) is 0 Å². The molecule has 98 valence electrons. The van der Waals surface area contributed by atoms with Gasteiger partial charge < -0.3 is 10.4 Å². The molecule has 0 bridgehead atoms. The summed E-state index contributed by atoms with van der Waals surface area (Å²) in [5.74, 6) is -1.35. The molecule has 7 heteroatoms. The first-order valence-corrected chi connectivity index (χ1v) is 6.35. The number of carbonyl (C=O) groups is 2. The molecule has 1 atom stereocenters. The van der Waals surface area contributed by atoms with Crippen LogP contribution in [-0.2, 0) is 0 Å². The highest BCUT2D eigenvalue weighted by Gasteiger charge is 2.16. The molecular formula is C12H11N3O3S. The van der Waals surface area contributed by atoms with Crippen LogP contribution in [0.15, 0.2) is 29.9 Å². The Morgan fingerprint density at radius 1 is 1.47 bits per heavy atom. The third-order valence-corrected chi connectivity index (χ3v) is 3.41. The predicted octanol–water partition coefficient (Wildman–Crippen LogP) is 1.73. The zero-order valence-electron chi connectivity index (χ0n) is 10.0. The van der Waals surface area contributed by atoms with Crippen molar-refractivity contribution in [2.45, 2.75) is 13.0 Å². The van der Waals surface area contributed by atoms with Crippen molar-refractivity contribution in [1.82, 2.24) is 15.3 Å². The van der Waals surface area contributed by atoms with Gasteiger partial charge in [0.15, 0.2) is 5.69 Å². The number of nitrogens with zero attached hydrogens (tertiary/aromatic N) is 2. The predicted molar refractivity (Wildman–Crippen MR) is 69.2 cm³/mol. The molecule has 2 aromatic rings. The molecule has 0 aromatic carbocycles. The number of aromatic carboxylic acids is 1. The Morgan fingerprint density at radius 3 is 2.84 bits per heavy atom. The monoisotopic (exact) mass is 277 g/mol. The summed E-state index contributed by atoms with van der Waals surface area (Å²) in [5.41, 5.74) is 0.437. The molecule has 19 heavy (non-hydrogen) atoms. The Labute approximate surface area is 113 Å². The third kappa shape index (κ3) is 3.14. The number of hydrogen-bond donors (Lipinski definition) is 2. The number of carboxylic acids is 1. The number of carboxylic acid groups (broad SMARTS) is 1. The van der Waals surface area contributed by atoms with Crippen molar-refractivity contribution >= 4 is 23.2 Å². The highest BCUT2D eigenvalue weighted by Crippen LogP contribution is 2.18. The van der Waals surface area contributed by atoms with Gasteiger partial charge in [0.25, 0.3) is 5.91 Å². The molecule has 2 aromatic heterocycles. The minimum absolute atomic E-state index is 0.0116. The third-order valence-electron chi connectivity index (χ3n) is 2.38. The number of hydrogen-bond acceptors (Lipinski definition) is 5. The smallest absolute Gasteiger partial charge is 0.355 e. The van der Waals surface area contributed by atoms with Crippen molar-refractivity contribution in [2.75, 3.05) is 0 Å². The van der Waals surface area contributed by atoms with Crippen LogP contribution in [0.4, 0.5) is 0 Å². The summed E-state index contributed by atoms with van der Waals surface area (Å²) in [6.07, 6.45) is 3.05. The van der Waals surface area contributed by atoms with Crippen molar-refractivity contribution in [2.24, 2.45) is 0 Å². The van der Waals surface area contributed by atoms with Crippen LogP contribution < -0.4 is 5.32 Å². The lowest BCUT2D eigenvalue weighted by Crippen LogP contribution is -2.26. The molecule has 1 unspecified atom stereocenters. The average molecular weight is 277 g/mol. The van der Waals surface area contributed by atoms with Gasteiger partial charge in [-0.1, -0.05) is 0 Å². The molecule has 1 amide bonds. The molecule has 2 N–H and O–H groups in total. The number of rotatable bonds is 4. The van der Waals surface area contributed by atoms with E-state index in [0.717, 1.165) is 0 Å². The van der Waals surface area contributed by atoms with Gasteiger partial charge in [-0.3, -0.25) is 9.78 Å². The first-order chi connectivity index (χ1) is 9.08. The Bertz CT molecular complexity index is 597. The molecule has 0 fully saturated rings. The van der Waals surface area contributed by atoms with Gasteiger partial charge in [0.2, 0.25) is 0 Å². The lowest BCUT2D eigenvalue weighted by Gasteiger charge is -2.10. The van der Waals surface area contributed by atoms with E-state index in [4.69, 9.17) is 5.11 Å². The second kappa shape index (κ2) is 5.57. The van der Waals surface area contributed by atoms with Gasteiger partial charge in [0, 0.05) is 17.8 Å². The summed E-state index contributed by atoms with van der Waals surface area (Å²) in [4.78, 5) is 30.4. The maximum Gasteiger partial charge on any atom is 0.355 e. The number of carbonyl (C=O) groups excluding carboxylic acids is 1. The van der Waals surface area contributed by atoms with Crippen molar-refractivity contribution in [1.29, 1.82) is 0 Å². The lowest BCUT2D eigenvalue weighted by molar-refractivity contribution is 0.0691. The molecule has 2 rings (SSSR count). The fraction of sp³-hybridized carbons (Fsp3) is 0.167. The van der Waals surface area contributed by atoms with E-state index < -0.39 is 5.97 Å². The minimum atomic E-state index is -1.08. The Morgan fingerprint density at radius 2 is 2.26 bits per heavy atom. The topological polar surface area (TPSA) is 92.2 Å². The molecule has 0 aliphatic heterocycles. The van der Waals surface area contributed by atoms with E-state index in [1.54, 1.807) is 25.3 Å². The van der Waals surface area contributed by atoms with Crippen LogP contribution in [0, 0.1) is 0 Å². The number of aromatic nitrogens is 2. The quantitative estimate of drug-likeness (QED) is 0.887. The summed E-state index contributed by atoms with van der Waals surface area (Å²) >= 11 is 1.20. The SMILES string of the molecule is CC(NC(=O)c1cccnc1)c1nc(C(=O)O)cs1. The Balaban J connectivity index is 2.06. The number of amides is 1. The fourth-order valence-electron chi connectivity index (χ4n) is 1.42. The van der Waals surface area contributed by atoms with Crippen LogP contribution in [-0.4, -0.2) is 27.0 Å². The second-order valence-electron chi connectivity index (χ2n) is 3.81. The van der Waals surface area contributed by atoms with Gasteiger partial charge in [-0.2, -0.15) is 0 Å². The summed E-state index contributed by atoms with van der Waals surface area (Å²) < 4.78 is 0. The van der Waals surface area contributed by atoms with Gasteiger partial charge >= 0.3 is 5.97 Å². The summed E-state index contributed by atoms with van der Waals surface area (Å²) in [7, 11) is 0. The van der Waals surface area contributed by atoms with E-state index in [0.29, 0.717) is 10.6 Å². The fourth-order valence-corrected chi connectivity index (χ4v) is 2.22. The van der Waals surface area contributed by atoms with Gasteiger partial charge in [-0.05, 0) is 19.1 Å². The van der Waals surface area contributed by atoms with Crippen LogP contribution in [0.2, 0.25) is 0 Å². The van der Waals surface area contributed by atoms with E-state index >= 15 is 0 Å². The van der Waals surface area contributed by atoms with E-state index in [1.165, 1.54) is 22.9 Å².